The molecule has 0 aliphatic carbocycles. The third-order valence-corrected chi connectivity index (χ3v) is 7.62. The minimum Gasteiger partial charge on any atom is -0.465 e. The van der Waals surface area contributed by atoms with Gasteiger partial charge < -0.3 is 39.3 Å². The fourth-order valence-corrected chi connectivity index (χ4v) is 5.34. The van der Waals surface area contributed by atoms with E-state index in [1.807, 2.05) is 0 Å². The zero-order chi connectivity index (χ0) is 29.5. The summed E-state index contributed by atoms with van der Waals surface area (Å²) in [5.74, 6) is -4.26. The van der Waals surface area contributed by atoms with Crippen molar-refractivity contribution in [2.24, 2.45) is 0 Å². The van der Waals surface area contributed by atoms with Crippen molar-refractivity contribution in [2.75, 3.05) is 26.8 Å². The summed E-state index contributed by atoms with van der Waals surface area (Å²) in [7, 11) is 1.37. The van der Waals surface area contributed by atoms with Crippen LogP contribution in [0.1, 0.15) is 30.3 Å². The van der Waals surface area contributed by atoms with Gasteiger partial charge in [0.25, 0.3) is 0 Å². The van der Waals surface area contributed by atoms with Gasteiger partial charge in [0, 0.05) is 51.1 Å². The van der Waals surface area contributed by atoms with Gasteiger partial charge in [-0.05, 0) is 12.1 Å². The molecule has 222 valence electrons. The van der Waals surface area contributed by atoms with Gasteiger partial charge in [-0.25, -0.2) is 22.6 Å². The molecule has 5 rings (SSSR count). The molecular formula is C25H28F3N5O8. The molecule has 0 bridgehead atoms. The Labute approximate surface area is 230 Å². The van der Waals surface area contributed by atoms with Crippen molar-refractivity contribution in [3.63, 3.8) is 0 Å². The number of piperidine rings is 1. The zero-order valence-electron chi connectivity index (χ0n) is 21.7. The van der Waals surface area contributed by atoms with Crippen molar-refractivity contribution in [3.05, 3.63) is 53.3 Å². The van der Waals surface area contributed by atoms with Gasteiger partial charge in [0.2, 0.25) is 0 Å². The number of aromatic nitrogens is 4. The van der Waals surface area contributed by atoms with Crippen LogP contribution >= 0.6 is 0 Å². The van der Waals surface area contributed by atoms with E-state index in [4.69, 9.17) is 19.1 Å². The summed E-state index contributed by atoms with van der Waals surface area (Å²) >= 11 is 0. The summed E-state index contributed by atoms with van der Waals surface area (Å²) in [4.78, 5) is 12.4. The number of hydrogen-bond donors (Lipinski definition) is 4. The van der Waals surface area contributed by atoms with Crippen LogP contribution in [0.4, 0.5) is 18.0 Å². The van der Waals surface area contributed by atoms with Crippen molar-refractivity contribution in [1.82, 2.24) is 25.1 Å². The van der Waals surface area contributed by atoms with E-state index in [1.54, 1.807) is 0 Å². The van der Waals surface area contributed by atoms with Crippen LogP contribution in [0, 0.1) is 17.5 Å². The lowest BCUT2D eigenvalue weighted by Crippen LogP contribution is -2.57. The van der Waals surface area contributed by atoms with Gasteiger partial charge in [-0.2, -0.15) is 0 Å². The molecule has 3 aromatic rings. The average Bonchev–Trinajstić information content (AvgIpc) is 3.63. The first-order valence-electron chi connectivity index (χ1n) is 12.7. The largest absolute Gasteiger partial charge is 0.465 e. The molecule has 1 aromatic carbocycles. The Morgan fingerprint density at radius 3 is 2.46 bits per heavy atom. The summed E-state index contributed by atoms with van der Waals surface area (Å²) in [6, 6.07) is 2.08. The lowest BCUT2D eigenvalue weighted by atomic mass is 9.88. The number of carbonyl (C=O) groups is 1. The second-order valence-corrected chi connectivity index (χ2v) is 10.1. The van der Waals surface area contributed by atoms with Crippen molar-refractivity contribution in [2.45, 2.75) is 55.3 Å². The Morgan fingerprint density at radius 1 is 1.17 bits per heavy atom. The van der Waals surface area contributed by atoms with E-state index in [2.05, 4.69) is 15.5 Å². The molecule has 2 aliphatic heterocycles. The van der Waals surface area contributed by atoms with Crippen LogP contribution in [-0.4, -0.2) is 103 Å². The molecule has 1 amide bonds. The molecule has 0 spiro atoms. The first-order valence-corrected chi connectivity index (χ1v) is 12.7. The van der Waals surface area contributed by atoms with Gasteiger partial charge in [-0.15, -0.1) is 5.10 Å². The molecule has 0 radical (unpaired) electrons. The number of aliphatic hydroxyl groups is 3. The van der Waals surface area contributed by atoms with Crippen molar-refractivity contribution in [3.8, 4) is 11.3 Å². The van der Waals surface area contributed by atoms with Crippen LogP contribution in [0.25, 0.3) is 11.3 Å². The minimum absolute atomic E-state index is 0.00299. The van der Waals surface area contributed by atoms with Gasteiger partial charge in [0.1, 0.15) is 35.6 Å². The average molecular weight is 584 g/mol. The molecule has 5 atom stereocenters. The number of halogens is 3. The molecule has 2 aromatic heterocycles. The molecule has 2 fully saturated rings. The number of amides is 1. The number of ether oxygens (including phenoxy) is 2. The fourth-order valence-electron chi connectivity index (χ4n) is 5.34. The Balaban J connectivity index is 1.37. The van der Waals surface area contributed by atoms with Crippen LogP contribution in [0.5, 0.6) is 0 Å². The van der Waals surface area contributed by atoms with Crippen LogP contribution in [0.15, 0.2) is 28.9 Å². The number of methoxy groups -OCH3 is 1. The first-order chi connectivity index (χ1) is 19.5. The molecule has 0 saturated carbocycles. The van der Waals surface area contributed by atoms with E-state index < -0.39 is 66.2 Å². The highest BCUT2D eigenvalue weighted by Crippen LogP contribution is 2.36. The van der Waals surface area contributed by atoms with Crippen LogP contribution in [-0.2, 0) is 21.5 Å². The maximum absolute atomic E-state index is 13.8. The van der Waals surface area contributed by atoms with E-state index in [-0.39, 0.29) is 49.4 Å². The number of hydrogen-bond acceptors (Lipinski definition) is 10. The molecule has 4 N–H and O–H groups in total. The van der Waals surface area contributed by atoms with Crippen molar-refractivity contribution in [1.29, 1.82) is 0 Å². The Morgan fingerprint density at radius 2 is 1.85 bits per heavy atom. The molecule has 13 nitrogen and oxygen atoms in total. The van der Waals surface area contributed by atoms with Crippen molar-refractivity contribution < 1.29 is 52.4 Å². The number of nitrogens with zero attached hydrogens (tertiary/aromatic N) is 5. The summed E-state index contributed by atoms with van der Waals surface area (Å²) in [5, 5.41) is 53.0. The standard InChI is InChI=1S/C25H28F3N5O8/c1-39-23-17(8-13-9-19(41-30-13)25(38)2-4-32(5-3-25)24(36)37)40-18(11-34)22(35)21(23)33-10-16(29-31-33)12-6-14(26)20(28)15(27)7-12/h6-7,9-10,17-18,21-23,34-35,38H,2-5,8,11H2,1H3,(H,36,37)/t17-,18-,21+,22+,23+/m1/s1. The second kappa shape index (κ2) is 11.4. The molecule has 2 aliphatic rings. The summed E-state index contributed by atoms with van der Waals surface area (Å²) in [6.45, 7) is -0.327. The quantitative estimate of drug-likeness (QED) is 0.294. The highest BCUT2D eigenvalue weighted by molar-refractivity contribution is 5.65. The van der Waals surface area contributed by atoms with Crippen LogP contribution in [0.2, 0.25) is 0 Å². The Bertz CT molecular complexity index is 1370. The van der Waals surface area contributed by atoms with Crippen molar-refractivity contribution >= 4 is 6.09 Å². The molecule has 0 unspecified atom stereocenters. The molecular weight excluding hydrogens is 555 g/mol. The maximum atomic E-state index is 13.8. The highest BCUT2D eigenvalue weighted by atomic mass is 19.2. The maximum Gasteiger partial charge on any atom is 0.407 e. The number of benzene rings is 1. The predicted octanol–water partition coefficient (Wildman–Crippen LogP) is 1.23. The van der Waals surface area contributed by atoms with Gasteiger partial charge >= 0.3 is 6.09 Å². The topological polar surface area (TPSA) is 176 Å². The SMILES string of the molecule is CO[C@@H]1[C@@H](n2cc(-c3cc(F)c(F)c(F)c3)nn2)[C@@H](O)[C@@H](CO)O[C@@H]1Cc1cc(C2(O)CCN(C(=O)O)CC2)on1. The fraction of sp³-hybridized carbons (Fsp3) is 0.520. The van der Waals surface area contributed by atoms with Gasteiger partial charge in [0.05, 0.1) is 24.6 Å². The monoisotopic (exact) mass is 583 g/mol. The minimum atomic E-state index is -1.62. The van der Waals surface area contributed by atoms with Crippen LogP contribution < -0.4 is 0 Å². The molecule has 16 heteroatoms. The number of aliphatic hydroxyl groups excluding tert-OH is 2. The van der Waals surface area contributed by atoms with Crippen LogP contribution in [0.3, 0.4) is 0 Å². The normalized spacial score (nSPS) is 26.3. The number of carboxylic acid groups (broad SMARTS) is 1. The smallest absolute Gasteiger partial charge is 0.407 e. The first kappa shape index (κ1) is 28.9. The predicted molar refractivity (Wildman–Crippen MR) is 130 cm³/mol. The van der Waals surface area contributed by atoms with Gasteiger partial charge in [0.15, 0.2) is 23.2 Å². The Hall–Kier alpha value is -3.57. The van der Waals surface area contributed by atoms with E-state index in [0.717, 1.165) is 12.1 Å². The summed E-state index contributed by atoms with van der Waals surface area (Å²) in [5.41, 5.74) is -1.13. The van der Waals surface area contributed by atoms with Gasteiger partial charge in [-0.3, -0.25) is 0 Å². The van der Waals surface area contributed by atoms with E-state index in [0.29, 0.717) is 5.69 Å². The van der Waals surface area contributed by atoms with E-state index in [9.17, 15) is 33.3 Å². The number of likely N-dealkylation sites (tertiary alicyclic amines) is 1. The number of rotatable bonds is 7. The lowest BCUT2D eigenvalue weighted by Gasteiger charge is -2.43. The van der Waals surface area contributed by atoms with Gasteiger partial charge in [-0.1, -0.05) is 10.4 Å². The second-order valence-electron chi connectivity index (χ2n) is 10.1. The third-order valence-electron chi connectivity index (χ3n) is 7.62. The van der Waals surface area contributed by atoms with E-state index in [1.165, 1.54) is 29.0 Å². The molecule has 2 saturated heterocycles. The zero-order valence-corrected chi connectivity index (χ0v) is 21.7. The third kappa shape index (κ3) is 5.52. The van der Waals surface area contributed by atoms with E-state index >= 15 is 0 Å². The lowest BCUT2D eigenvalue weighted by molar-refractivity contribution is -0.212. The highest BCUT2D eigenvalue weighted by Gasteiger charge is 2.47. The molecule has 41 heavy (non-hydrogen) atoms. The Kier molecular flexibility index (Phi) is 8.02. The molecule has 4 heterocycles. The summed E-state index contributed by atoms with van der Waals surface area (Å²) in [6.07, 6.45) is -3.61. The summed E-state index contributed by atoms with van der Waals surface area (Å²) < 4.78 is 59.2.